The first kappa shape index (κ1) is 12.0. The molecule has 0 saturated carbocycles. The Kier molecular flexibility index (Phi) is 2.87. The summed E-state index contributed by atoms with van der Waals surface area (Å²) >= 11 is 1.29. The Hall–Kier alpha value is -2.07. The second-order valence-corrected chi connectivity index (χ2v) is 5.20. The number of halogens is 1. The van der Waals surface area contributed by atoms with E-state index in [0.29, 0.717) is 10.5 Å². The average molecular weight is 271 g/mol. The standard InChI is InChI=1S/C15H10FNOS/c16-11-7-3-1-5-9(11)13(17)15-14(18)10-6-2-4-8-12(10)19-15/h1-8H,17H2. The topological polar surface area (TPSA) is 43.1 Å². The van der Waals surface area contributed by atoms with Crippen LogP contribution in [0.2, 0.25) is 0 Å². The number of allylic oxidation sites excluding steroid dienone is 1. The molecule has 94 valence electrons. The number of fused-ring (bicyclic) bond motifs is 1. The number of carbonyl (C=O) groups excluding carboxylic acids is 1. The van der Waals surface area contributed by atoms with Crippen molar-refractivity contribution in [1.29, 1.82) is 0 Å². The number of carbonyl (C=O) groups is 1. The second-order valence-electron chi connectivity index (χ2n) is 4.15. The predicted molar refractivity (Wildman–Crippen MR) is 74.1 cm³/mol. The molecule has 0 unspecified atom stereocenters. The van der Waals surface area contributed by atoms with Crippen molar-refractivity contribution in [3.8, 4) is 0 Å². The lowest BCUT2D eigenvalue weighted by molar-refractivity contribution is 0.104. The lowest BCUT2D eigenvalue weighted by Crippen LogP contribution is -2.06. The van der Waals surface area contributed by atoms with Crippen LogP contribution in [0.4, 0.5) is 4.39 Å². The molecular weight excluding hydrogens is 261 g/mol. The van der Waals surface area contributed by atoms with Crippen LogP contribution in [0, 0.1) is 5.82 Å². The molecule has 0 bridgehead atoms. The minimum absolute atomic E-state index is 0.138. The Morgan fingerprint density at radius 1 is 1.05 bits per heavy atom. The molecule has 1 aliphatic heterocycles. The monoisotopic (exact) mass is 271 g/mol. The third-order valence-electron chi connectivity index (χ3n) is 2.96. The highest BCUT2D eigenvalue weighted by Gasteiger charge is 2.28. The van der Waals surface area contributed by atoms with Gasteiger partial charge in [-0.25, -0.2) is 4.39 Å². The first-order valence-electron chi connectivity index (χ1n) is 5.74. The molecule has 0 aliphatic carbocycles. The maximum atomic E-state index is 13.7. The highest BCUT2D eigenvalue weighted by Crippen LogP contribution is 2.42. The molecule has 0 aromatic heterocycles. The van der Waals surface area contributed by atoms with Crippen molar-refractivity contribution in [2.45, 2.75) is 4.90 Å². The number of ketones is 1. The smallest absolute Gasteiger partial charge is 0.202 e. The average Bonchev–Trinajstić information content (AvgIpc) is 2.77. The normalized spacial score (nSPS) is 16.4. The van der Waals surface area contributed by atoms with E-state index in [2.05, 4.69) is 0 Å². The van der Waals surface area contributed by atoms with Crippen molar-refractivity contribution in [1.82, 2.24) is 0 Å². The Balaban J connectivity index is 2.12. The summed E-state index contributed by atoms with van der Waals surface area (Å²) < 4.78 is 13.7. The van der Waals surface area contributed by atoms with Gasteiger partial charge in [0.2, 0.25) is 5.78 Å². The molecule has 0 saturated heterocycles. The number of nitrogens with two attached hydrogens (primary N) is 1. The SMILES string of the molecule is NC(=C1Sc2ccccc2C1=O)c1ccccc1F. The summed E-state index contributed by atoms with van der Waals surface area (Å²) in [6.07, 6.45) is 0. The van der Waals surface area contributed by atoms with Gasteiger partial charge < -0.3 is 5.73 Å². The molecule has 0 amide bonds. The highest BCUT2D eigenvalue weighted by molar-refractivity contribution is 8.05. The first-order chi connectivity index (χ1) is 9.18. The molecule has 0 fully saturated rings. The number of benzene rings is 2. The van der Waals surface area contributed by atoms with E-state index in [9.17, 15) is 9.18 Å². The third-order valence-corrected chi connectivity index (χ3v) is 4.14. The number of hydrogen-bond acceptors (Lipinski definition) is 3. The highest BCUT2D eigenvalue weighted by atomic mass is 32.2. The summed E-state index contributed by atoms with van der Waals surface area (Å²) in [4.78, 5) is 13.5. The van der Waals surface area contributed by atoms with Gasteiger partial charge in [0.1, 0.15) is 5.82 Å². The largest absolute Gasteiger partial charge is 0.397 e. The summed E-state index contributed by atoms with van der Waals surface area (Å²) in [7, 11) is 0. The predicted octanol–water partition coefficient (Wildman–Crippen LogP) is 3.44. The maximum Gasteiger partial charge on any atom is 0.202 e. The Labute approximate surface area is 114 Å². The third kappa shape index (κ3) is 1.94. The molecule has 1 heterocycles. The first-order valence-corrected chi connectivity index (χ1v) is 6.56. The molecule has 0 spiro atoms. The van der Waals surface area contributed by atoms with E-state index in [-0.39, 0.29) is 17.0 Å². The molecule has 4 heteroatoms. The molecule has 0 radical (unpaired) electrons. The Morgan fingerprint density at radius 3 is 2.47 bits per heavy atom. The van der Waals surface area contributed by atoms with Crippen molar-refractivity contribution in [3.63, 3.8) is 0 Å². The zero-order chi connectivity index (χ0) is 13.4. The number of rotatable bonds is 1. The summed E-state index contributed by atoms with van der Waals surface area (Å²) in [6, 6.07) is 13.5. The van der Waals surface area contributed by atoms with Crippen LogP contribution < -0.4 is 5.73 Å². The van der Waals surface area contributed by atoms with Crippen molar-refractivity contribution < 1.29 is 9.18 Å². The van der Waals surface area contributed by atoms with Crippen LogP contribution in [0.25, 0.3) is 5.70 Å². The van der Waals surface area contributed by atoms with E-state index in [1.807, 2.05) is 12.1 Å². The fourth-order valence-corrected chi connectivity index (χ4v) is 3.06. The molecule has 1 aliphatic rings. The Morgan fingerprint density at radius 2 is 1.74 bits per heavy atom. The van der Waals surface area contributed by atoms with E-state index < -0.39 is 5.82 Å². The molecule has 2 aromatic rings. The van der Waals surface area contributed by atoms with Gasteiger partial charge >= 0.3 is 0 Å². The Bertz CT molecular complexity index is 709. The van der Waals surface area contributed by atoms with Gasteiger partial charge in [-0.3, -0.25) is 4.79 Å². The van der Waals surface area contributed by atoms with E-state index in [1.165, 1.54) is 17.8 Å². The summed E-state index contributed by atoms with van der Waals surface area (Å²) in [5.41, 5.74) is 7.06. The minimum atomic E-state index is -0.420. The van der Waals surface area contributed by atoms with Crippen LogP contribution in [-0.2, 0) is 0 Å². The molecule has 3 rings (SSSR count). The second kappa shape index (κ2) is 4.55. The molecule has 2 aromatic carbocycles. The fraction of sp³-hybridized carbons (Fsp3) is 0. The van der Waals surface area contributed by atoms with E-state index in [4.69, 9.17) is 5.73 Å². The molecule has 2 N–H and O–H groups in total. The summed E-state index contributed by atoms with van der Waals surface area (Å²) in [6.45, 7) is 0. The van der Waals surface area contributed by atoms with Crippen molar-refractivity contribution >= 4 is 23.2 Å². The number of hydrogen-bond donors (Lipinski definition) is 1. The number of thioether (sulfide) groups is 1. The quantitative estimate of drug-likeness (QED) is 0.808. The maximum absolute atomic E-state index is 13.7. The molecular formula is C15H10FNOS. The van der Waals surface area contributed by atoms with E-state index in [0.717, 1.165) is 4.90 Å². The van der Waals surface area contributed by atoms with Gasteiger partial charge in [0.05, 0.1) is 10.6 Å². The molecule has 0 atom stereocenters. The van der Waals surface area contributed by atoms with Gasteiger partial charge in [-0.2, -0.15) is 0 Å². The zero-order valence-electron chi connectivity index (χ0n) is 9.89. The van der Waals surface area contributed by atoms with Crippen LogP contribution >= 0.6 is 11.8 Å². The van der Waals surface area contributed by atoms with Crippen LogP contribution in [-0.4, -0.2) is 5.78 Å². The van der Waals surface area contributed by atoms with Gasteiger partial charge in [0.25, 0.3) is 0 Å². The molecule has 2 nitrogen and oxygen atoms in total. The van der Waals surface area contributed by atoms with Gasteiger partial charge in [-0.1, -0.05) is 36.0 Å². The van der Waals surface area contributed by atoms with Crippen molar-refractivity contribution in [2.24, 2.45) is 5.73 Å². The lowest BCUT2D eigenvalue weighted by atomic mass is 10.1. The van der Waals surface area contributed by atoms with E-state index in [1.54, 1.807) is 30.3 Å². The molecule has 19 heavy (non-hydrogen) atoms. The number of Topliss-reactive ketones (excluding diaryl/α,β-unsaturated/α-hetero) is 1. The fourth-order valence-electron chi connectivity index (χ4n) is 2.00. The van der Waals surface area contributed by atoms with Gasteiger partial charge in [0, 0.05) is 16.0 Å². The van der Waals surface area contributed by atoms with E-state index >= 15 is 0 Å². The zero-order valence-corrected chi connectivity index (χ0v) is 10.7. The van der Waals surface area contributed by atoms with Crippen molar-refractivity contribution in [2.75, 3.05) is 0 Å². The minimum Gasteiger partial charge on any atom is -0.397 e. The van der Waals surface area contributed by atoms with Crippen LogP contribution in [0.5, 0.6) is 0 Å². The summed E-state index contributed by atoms with van der Waals surface area (Å²) in [5, 5.41) is 0. The summed E-state index contributed by atoms with van der Waals surface area (Å²) in [5.74, 6) is -0.557. The van der Waals surface area contributed by atoms with Crippen molar-refractivity contribution in [3.05, 3.63) is 70.4 Å². The van der Waals surface area contributed by atoms with Gasteiger partial charge in [-0.05, 0) is 24.3 Å². The van der Waals surface area contributed by atoms with Gasteiger partial charge in [0.15, 0.2) is 0 Å². The lowest BCUT2D eigenvalue weighted by Gasteiger charge is -2.05. The van der Waals surface area contributed by atoms with Gasteiger partial charge in [-0.15, -0.1) is 0 Å². The van der Waals surface area contributed by atoms with Crippen LogP contribution in [0.1, 0.15) is 15.9 Å². The van der Waals surface area contributed by atoms with Crippen LogP contribution in [0.3, 0.4) is 0 Å². The van der Waals surface area contributed by atoms with Crippen LogP contribution in [0.15, 0.2) is 58.3 Å².